The largest absolute Gasteiger partial charge is 0.489 e. The Hall–Kier alpha value is -2.29. The number of nitrogens with zero attached hydrogens (tertiary/aromatic N) is 1. The molecule has 0 radical (unpaired) electrons. The number of nitrogens with two attached hydrogens (primary N) is 1. The van der Waals surface area contributed by atoms with Crippen LogP contribution >= 0.6 is 0 Å². The number of hydrogen-bond acceptors (Lipinski definition) is 2. The topological polar surface area (TPSA) is 47.6 Å². The van der Waals surface area contributed by atoms with Crippen molar-refractivity contribution in [1.29, 1.82) is 0 Å². The summed E-state index contributed by atoms with van der Waals surface area (Å²) in [5, 5.41) is 0. The number of amidine groups is 1. The average molecular weight is 268 g/mol. The van der Waals surface area contributed by atoms with Crippen LogP contribution in [0.1, 0.15) is 18.1 Å². The first-order valence-corrected chi connectivity index (χ1v) is 6.74. The Bertz CT molecular complexity index is 579. The van der Waals surface area contributed by atoms with Gasteiger partial charge in [0.25, 0.3) is 0 Å². The number of hydrogen-bond donors (Lipinski definition) is 1. The normalized spacial score (nSPS) is 13.0. The Morgan fingerprint density at radius 2 is 1.90 bits per heavy atom. The van der Waals surface area contributed by atoms with E-state index in [0.29, 0.717) is 12.4 Å². The van der Waals surface area contributed by atoms with Crippen molar-refractivity contribution in [2.75, 3.05) is 6.54 Å². The highest BCUT2D eigenvalue weighted by Gasteiger charge is 2.04. The standard InChI is InChI=1S/C17H20N2O/c1-13-7-6-10-16(11-13)20-14(2)12-19-17(18)15-8-4-3-5-9-15/h3-11,14H,12H2,1-2H3,(H2,18,19). The molecule has 1 unspecified atom stereocenters. The van der Waals surface area contributed by atoms with Crippen LogP contribution in [0.5, 0.6) is 5.75 Å². The second-order valence-corrected chi connectivity index (χ2v) is 4.84. The van der Waals surface area contributed by atoms with Crippen molar-refractivity contribution in [1.82, 2.24) is 0 Å². The van der Waals surface area contributed by atoms with Gasteiger partial charge in [-0.05, 0) is 31.5 Å². The van der Waals surface area contributed by atoms with Crippen LogP contribution < -0.4 is 10.5 Å². The van der Waals surface area contributed by atoms with Crippen LogP contribution in [0.3, 0.4) is 0 Å². The molecule has 0 aliphatic rings. The van der Waals surface area contributed by atoms with Gasteiger partial charge in [-0.3, -0.25) is 4.99 Å². The van der Waals surface area contributed by atoms with Gasteiger partial charge in [-0.25, -0.2) is 0 Å². The molecule has 2 rings (SSSR count). The fraction of sp³-hybridized carbons (Fsp3) is 0.235. The second-order valence-electron chi connectivity index (χ2n) is 4.84. The summed E-state index contributed by atoms with van der Waals surface area (Å²) in [6, 6.07) is 17.8. The fourth-order valence-electron chi connectivity index (χ4n) is 1.89. The molecule has 0 amide bonds. The molecule has 3 heteroatoms. The third-order valence-corrected chi connectivity index (χ3v) is 2.92. The number of benzene rings is 2. The van der Waals surface area contributed by atoms with Gasteiger partial charge in [0.05, 0.1) is 6.54 Å². The van der Waals surface area contributed by atoms with Gasteiger partial charge in [-0.2, -0.15) is 0 Å². The van der Waals surface area contributed by atoms with Crippen LogP contribution in [0, 0.1) is 6.92 Å². The van der Waals surface area contributed by atoms with Gasteiger partial charge in [0, 0.05) is 5.56 Å². The zero-order valence-electron chi connectivity index (χ0n) is 11.9. The molecule has 0 heterocycles. The number of ether oxygens (including phenoxy) is 1. The first-order valence-electron chi connectivity index (χ1n) is 6.74. The minimum atomic E-state index is -0.0148. The molecule has 1 atom stereocenters. The van der Waals surface area contributed by atoms with Crippen molar-refractivity contribution in [3.8, 4) is 5.75 Å². The third kappa shape index (κ3) is 4.12. The fourth-order valence-corrected chi connectivity index (χ4v) is 1.89. The van der Waals surface area contributed by atoms with E-state index in [1.807, 2.05) is 68.4 Å². The van der Waals surface area contributed by atoms with Crippen LogP contribution in [0.4, 0.5) is 0 Å². The molecule has 20 heavy (non-hydrogen) atoms. The van der Waals surface area contributed by atoms with E-state index < -0.39 is 0 Å². The highest BCUT2D eigenvalue weighted by atomic mass is 16.5. The molecule has 0 bridgehead atoms. The molecule has 0 saturated carbocycles. The van der Waals surface area contributed by atoms with E-state index in [9.17, 15) is 0 Å². The maximum atomic E-state index is 5.96. The summed E-state index contributed by atoms with van der Waals surface area (Å²) in [6.07, 6.45) is -0.0148. The molecule has 2 aromatic rings. The lowest BCUT2D eigenvalue weighted by Gasteiger charge is -2.13. The van der Waals surface area contributed by atoms with E-state index in [2.05, 4.69) is 4.99 Å². The van der Waals surface area contributed by atoms with Gasteiger partial charge in [0.15, 0.2) is 0 Å². The highest BCUT2D eigenvalue weighted by molar-refractivity contribution is 5.97. The zero-order valence-corrected chi connectivity index (χ0v) is 11.9. The Balaban J connectivity index is 1.93. The number of rotatable bonds is 5. The first kappa shape index (κ1) is 14.1. The summed E-state index contributed by atoms with van der Waals surface area (Å²) in [5.74, 6) is 1.41. The average Bonchev–Trinajstić information content (AvgIpc) is 2.46. The molecule has 2 N–H and O–H groups in total. The van der Waals surface area contributed by atoms with Crippen LogP contribution in [-0.2, 0) is 0 Å². The highest BCUT2D eigenvalue weighted by Crippen LogP contribution is 2.14. The lowest BCUT2D eigenvalue weighted by atomic mass is 10.2. The smallest absolute Gasteiger partial charge is 0.125 e. The van der Waals surface area contributed by atoms with Gasteiger partial charge < -0.3 is 10.5 Å². The predicted octanol–water partition coefficient (Wildman–Crippen LogP) is 3.17. The summed E-state index contributed by atoms with van der Waals surface area (Å²) >= 11 is 0. The van der Waals surface area contributed by atoms with E-state index in [-0.39, 0.29) is 6.10 Å². The maximum absolute atomic E-state index is 5.96. The lowest BCUT2D eigenvalue weighted by Crippen LogP contribution is -2.20. The van der Waals surface area contributed by atoms with Crippen LogP contribution in [0.15, 0.2) is 59.6 Å². The van der Waals surface area contributed by atoms with E-state index >= 15 is 0 Å². The lowest BCUT2D eigenvalue weighted by molar-refractivity contribution is 0.230. The van der Waals surface area contributed by atoms with E-state index in [4.69, 9.17) is 10.5 Å². The van der Waals surface area contributed by atoms with Crippen molar-refractivity contribution in [2.24, 2.45) is 10.7 Å². The van der Waals surface area contributed by atoms with Crippen molar-refractivity contribution in [2.45, 2.75) is 20.0 Å². The molecule has 0 fully saturated rings. The Kier molecular flexibility index (Phi) is 4.77. The molecule has 0 spiro atoms. The predicted molar refractivity (Wildman–Crippen MR) is 83.3 cm³/mol. The number of aliphatic imine (C=N–C) groups is 1. The summed E-state index contributed by atoms with van der Waals surface area (Å²) in [6.45, 7) is 4.57. The van der Waals surface area contributed by atoms with Crippen molar-refractivity contribution in [3.63, 3.8) is 0 Å². The number of aryl methyl sites for hydroxylation is 1. The summed E-state index contributed by atoms with van der Waals surface area (Å²) in [7, 11) is 0. The molecule has 104 valence electrons. The molecule has 3 nitrogen and oxygen atoms in total. The van der Waals surface area contributed by atoms with E-state index in [0.717, 1.165) is 11.3 Å². The zero-order chi connectivity index (χ0) is 14.4. The summed E-state index contributed by atoms with van der Waals surface area (Å²) < 4.78 is 5.82. The van der Waals surface area contributed by atoms with Gasteiger partial charge in [0.2, 0.25) is 0 Å². The molecule has 0 aromatic heterocycles. The van der Waals surface area contributed by atoms with Gasteiger partial charge in [-0.15, -0.1) is 0 Å². The molecule has 0 aliphatic heterocycles. The van der Waals surface area contributed by atoms with Crippen LogP contribution in [0.2, 0.25) is 0 Å². The molecule has 0 saturated heterocycles. The third-order valence-electron chi connectivity index (χ3n) is 2.92. The molecule has 0 aliphatic carbocycles. The summed E-state index contributed by atoms with van der Waals surface area (Å²) in [4.78, 5) is 4.38. The quantitative estimate of drug-likeness (QED) is 0.669. The second kappa shape index (κ2) is 6.75. The van der Waals surface area contributed by atoms with Crippen molar-refractivity contribution < 1.29 is 4.74 Å². The SMILES string of the molecule is Cc1cccc(OC(C)CN=C(N)c2ccccc2)c1. The van der Waals surface area contributed by atoms with E-state index in [1.54, 1.807) is 0 Å². The molecule has 2 aromatic carbocycles. The van der Waals surface area contributed by atoms with Crippen LogP contribution in [0.25, 0.3) is 0 Å². The maximum Gasteiger partial charge on any atom is 0.125 e. The Morgan fingerprint density at radius 1 is 1.15 bits per heavy atom. The minimum absolute atomic E-state index is 0.0148. The monoisotopic (exact) mass is 268 g/mol. The molecular formula is C17H20N2O. The van der Waals surface area contributed by atoms with Gasteiger partial charge in [-0.1, -0.05) is 42.5 Å². The summed E-state index contributed by atoms with van der Waals surface area (Å²) in [5.41, 5.74) is 8.08. The first-order chi connectivity index (χ1) is 9.65. The van der Waals surface area contributed by atoms with Crippen molar-refractivity contribution in [3.05, 3.63) is 65.7 Å². The van der Waals surface area contributed by atoms with Crippen LogP contribution in [-0.4, -0.2) is 18.5 Å². The van der Waals surface area contributed by atoms with Gasteiger partial charge in [0.1, 0.15) is 17.7 Å². The Labute approximate surface area is 120 Å². The Morgan fingerprint density at radius 3 is 2.60 bits per heavy atom. The minimum Gasteiger partial charge on any atom is -0.489 e. The van der Waals surface area contributed by atoms with E-state index in [1.165, 1.54) is 5.56 Å². The van der Waals surface area contributed by atoms with Crippen molar-refractivity contribution >= 4 is 5.84 Å². The van der Waals surface area contributed by atoms with Gasteiger partial charge >= 0.3 is 0 Å². The molecular weight excluding hydrogens is 248 g/mol.